The van der Waals surface area contributed by atoms with Gasteiger partial charge in [0.1, 0.15) is 11.2 Å². The van der Waals surface area contributed by atoms with Crippen LogP contribution in [0, 0.1) is 0 Å². The number of amides is 2. The summed E-state index contributed by atoms with van der Waals surface area (Å²) in [5.74, 6) is -1.81. The van der Waals surface area contributed by atoms with Gasteiger partial charge >= 0.3 is 5.97 Å². The summed E-state index contributed by atoms with van der Waals surface area (Å²) in [4.78, 5) is 40.3. The first-order chi connectivity index (χ1) is 12.0. The number of unbranched alkanes of at least 4 members (excludes halogenated alkanes) is 1. The number of carboxylic acids is 1. The fourth-order valence-electron chi connectivity index (χ4n) is 3.08. The third-order valence-electron chi connectivity index (χ3n) is 4.55. The second-order valence-electron chi connectivity index (χ2n) is 6.44. The van der Waals surface area contributed by atoms with Gasteiger partial charge in [0.15, 0.2) is 0 Å². The van der Waals surface area contributed by atoms with E-state index in [0.29, 0.717) is 19.4 Å². The molecule has 3 N–H and O–H groups in total. The first-order valence-electron chi connectivity index (χ1n) is 8.78. The van der Waals surface area contributed by atoms with Crippen molar-refractivity contribution in [1.82, 2.24) is 15.6 Å². The smallest absolute Gasteiger partial charge is 0.335 e. The normalized spacial score (nSPS) is 16.0. The molecule has 1 aromatic rings. The molecule has 0 unspecified atom stereocenters. The molecule has 0 bridgehead atoms. The molecule has 1 aromatic heterocycles. The van der Waals surface area contributed by atoms with Crippen LogP contribution in [0.5, 0.6) is 0 Å². The van der Waals surface area contributed by atoms with Crippen molar-refractivity contribution in [1.29, 1.82) is 0 Å². The first kappa shape index (κ1) is 18.9. The number of hydrogen-bond acceptors (Lipinski definition) is 4. The Morgan fingerprint density at radius 2 is 1.96 bits per heavy atom. The van der Waals surface area contributed by atoms with Gasteiger partial charge in [0, 0.05) is 12.7 Å². The highest BCUT2D eigenvalue weighted by Crippen LogP contribution is 2.29. The minimum absolute atomic E-state index is 0.00575. The highest BCUT2D eigenvalue weighted by atomic mass is 16.4. The van der Waals surface area contributed by atoms with Crippen molar-refractivity contribution >= 4 is 17.8 Å². The third-order valence-corrected chi connectivity index (χ3v) is 4.55. The van der Waals surface area contributed by atoms with E-state index in [-0.39, 0.29) is 17.2 Å². The van der Waals surface area contributed by atoms with Gasteiger partial charge in [0.05, 0.1) is 5.56 Å². The summed E-state index contributed by atoms with van der Waals surface area (Å²) in [5, 5.41) is 14.8. The maximum absolute atomic E-state index is 12.7. The first-order valence-corrected chi connectivity index (χ1v) is 8.78. The number of carbonyl (C=O) groups is 3. The SMILES string of the molecule is CCCCNC(=O)C1(NC(=O)c2cc(C(=O)O)ccn2)CCCCC1. The minimum Gasteiger partial charge on any atom is -0.478 e. The van der Waals surface area contributed by atoms with E-state index in [0.717, 1.165) is 32.1 Å². The number of aromatic nitrogens is 1. The van der Waals surface area contributed by atoms with Gasteiger partial charge in [-0.2, -0.15) is 0 Å². The Bertz CT molecular complexity index is 639. The number of rotatable bonds is 7. The van der Waals surface area contributed by atoms with Gasteiger partial charge < -0.3 is 15.7 Å². The number of pyridine rings is 1. The van der Waals surface area contributed by atoms with Gasteiger partial charge in [-0.25, -0.2) is 4.79 Å². The molecule has 2 rings (SSSR count). The standard InChI is InChI=1S/C18H25N3O4/c1-2-3-10-20-17(25)18(8-5-4-6-9-18)21-15(22)14-12-13(16(23)24)7-11-19-14/h7,11-12H,2-6,8-10H2,1H3,(H,20,25)(H,21,22)(H,23,24). The van der Waals surface area contributed by atoms with Crippen molar-refractivity contribution in [2.45, 2.75) is 57.4 Å². The van der Waals surface area contributed by atoms with Crippen LogP contribution in [0.1, 0.15) is 72.7 Å². The molecule has 0 spiro atoms. The van der Waals surface area contributed by atoms with Crippen LogP contribution in [-0.4, -0.2) is 40.0 Å². The Balaban J connectivity index is 2.16. The highest BCUT2D eigenvalue weighted by Gasteiger charge is 2.41. The predicted octanol–water partition coefficient (Wildman–Crippen LogP) is 2.13. The Hall–Kier alpha value is -2.44. The lowest BCUT2D eigenvalue weighted by Gasteiger charge is -2.36. The lowest BCUT2D eigenvalue weighted by molar-refractivity contribution is -0.128. The van der Waals surface area contributed by atoms with E-state index in [4.69, 9.17) is 5.11 Å². The second-order valence-corrected chi connectivity index (χ2v) is 6.44. The topological polar surface area (TPSA) is 108 Å². The van der Waals surface area contributed by atoms with Gasteiger partial charge in [-0.15, -0.1) is 0 Å². The second kappa shape index (κ2) is 8.60. The fraction of sp³-hybridized carbons (Fsp3) is 0.556. The van der Waals surface area contributed by atoms with Crippen molar-refractivity contribution in [3.8, 4) is 0 Å². The molecule has 136 valence electrons. The van der Waals surface area contributed by atoms with Crippen molar-refractivity contribution in [2.24, 2.45) is 0 Å². The van der Waals surface area contributed by atoms with Crippen molar-refractivity contribution in [3.63, 3.8) is 0 Å². The predicted molar refractivity (Wildman–Crippen MR) is 92.4 cm³/mol. The van der Waals surface area contributed by atoms with E-state index in [1.807, 2.05) is 6.92 Å². The lowest BCUT2D eigenvalue weighted by Crippen LogP contribution is -2.59. The Morgan fingerprint density at radius 3 is 2.60 bits per heavy atom. The molecule has 0 atom stereocenters. The van der Waals surface area contributed by atoms with Crippen LogP contribution in [0.2, 0.25) is 0 Å². The van der Waals surface area contributed by atoms with Crippen molar-refractivity contribution in [3.05, 3.63) is 29.6 Å². The van der Waals surface area contributed by atoms with Crippen molar-refractivity contribution < 1.29 is 19.5 Å². The molecule has 7 heteroatoms. The van der Waals surface area contributed by atoms with Crippen LogP contribution in [0.25, 0.3) is 0 Å². The van der Waals surface area contributed by atoms with E-state index >= 15 is 0 Å². The number of carbonyl (C=O) groups excluding carboxylic acids is 2. The molecule has 25 heavy (non-hydrogen) atoms. The molecule has 0 radical (unpaired) electrons. The molecule has 0 aromatic carbocycles. The van der Waals surface area contributed by atoms with E-state index in [1.165, 1.54) is 18.3 Å². The highest BCUT2D eigenvalue weighted by molar-refractivity contribution is 5.99. The molecular weight excluding hydrogens is 322 g/mol. The zero-order chi connectivity index (χ0) is 18.3. The number of nitrogens with one attached hydrogen (secondary N) is 2. The zero-order valence-electron chi connectivity index (χ0n) is 14.5. The molecule has 2 amide bonds. The molecule has 0 saturated heterocycles. The summed E-state index contributed by atoms with van der Waals surface area (Å²) < 4.78 is 0. The van der Waals surface area contributed by atoms with Gasteiger partial charge in [0.25, 0.3) is 5.91 Å². The molecular formula is C18H25N3O4. The average molecular weight is 347 g/mol. The molecule has 1 aliphatic rings. The van der Waals surface area contributed by atoms with Crippen LogP contribution in [0.15, 0.2) is 18.3 Å². The molecule has 1 aliphatic carbocycles. The Kier molecular flexibility index (Phi) is 6.50. The van der Waals surface area contributed by atoms with Crippen LogP contribution in [0.4, 0.5) is 0 Å². The van der Waals surface area contributed by atoms with Crippen LogP contribution >= 0.6 is 0 Å². The lowest BCUT2D eigenvalue weighted by atomic mass is 9.80. The van der Waals surface area contributed by atoms with E-state index in [1.54, 1.807) is 0 Å². The van der Waals surface area contributed by atoms with Crippen LogP contribution in [-0.2, 0) is 4.79 Å². The molecule has 1 heterocycles. The zero-order valence-corrected chi connectivity index (χ0v) is 14.5. The van der Waals surface area contributed by atoms with E-state index in [2.05, 4.69) is 15.6 Å². The quantitative estimate of drug-likeness (QED) is 0.655. The largest absolute Gasteiger partial charge is 0.478 e. The summed E-state index contributed by atoms with van der Waals surface area (Å²) in [7, 11) is 0. The van der Waals surface area contributed by atoms with E-state index in [9.17, 15) is 14.4 Å². The number of nitrogens with zero attached hydrogens (tertiary/aromatic N) is 1. The number of carboxylic acid groups (broad SMARTS) is 1. The van der Waals surface area contributed by atoms with Crippen LogP contribution < -0.4 is 10.6 Å². The Morgan fingerprint density at radius 1 is 1.24 bits per heavy atom. The number of aromatic carboxylic acids is 1. The maximum atomic E-state index is 12.7. The summed E-state index contributed by atoms with van der Waals surface area (Å²) in [6, 6.07) is 2.55. The number of hydrogen-bond donors (Lipinski definition) is 3. The van der Waals surface area contributed by atoms with Gasteiger partial charge in [-0.3, -0.25) is 14.6 Å². The summed E-state index contributed by atoms with van der Waals surface area (Å²) in [6.45, 7) is 2.63. The summed E-state index contributed by atoms with van der Waals surface area (Å²) in [5.41, 5.74) is -0.944. The molecule has 1 fully saturated rings. The molecule has 7 nitrogen and oxygen atoms in total. The van der Waals surface area contributed by atoms with Gasteiger partial charge in [-0.1, -0.05) is 32.6 Å². The van der Waals surface area contributed by atoms with Crippen LogP contribution in [0.3, 0.4) is 0 Å². The average Bonchev–Trinajstić information content (AvgIpc) is 2.62. The monoisotopic (exact) mass is 347 g/mol. The third kappa shape index (κ3) is 4.78. The summed E-state index contributed by atoms with van der Waals surface area (Å²) in [6.07, 6.45) is 7.07. The molecule has 1 saturated carbocycles. The minimum atomic E-state index is -1.12. The summed E-state index contributed by atoms with van der Waals surface area (Å²) >= 11 is 0. The van der Waals surface area contributed by atoms with E-state index < -0.39 is 17.4 Å². The van der Waals surface area contributed by atoms with Gasteiger partial charge in [-0.05, 0) is 31.4 Å². The maximum Gasteiger partial charge on any atom is 0.335 e. The fourth-order valence-corrected chi connectivity index (χ4v) is 3.08. The molecule has 0 aliphatic heterocycles. The van der Waals surface area contributed by atoms with Crippen molar-refractivity contribution in [2.75, 3.05) is 6.54 Å². The van der Waals surface area contributed by atoms with Gasteiger partial charge in [0.2, 0.25) is 5.91 Å². The Labute approximate surface area is 147 Å².